The van der Waals surface area contributed by atoms with Gasteiger partial charge in [0.05, 0.1) is 0 Å². The highest BCUT2D eigenvalue weighted by Crippen LogP contribution is 2.19. The molecular formula is C16H11F2N3O2S. The predicted octanol–water partition coefficient (Wildman–Crippen LogP) is 3.65. The molecule has 0 bridgehead atoms. The van der Waals surface area contributed by atoms with Crippen molar-refractivity contribution in [2.45, 2.75) is 6.61 Å². The third-order valence-corrected chi connectivity index (χ3v) is 3.78. The summed E-state index contributed by atoms with van der Waals surface area (Å²) in [5.41, 5.74) is 0.315. The Balaban J connectivity index is 1.58. The first-order valence-corrected chi connectivity index (χ1v) is 7.69. The lowest BCUT2D eigenvalue weighted by molar-refractivity contribution is 0.102. The third kappa shape index (κ3) is 4.11. The van der Waals surface area contributed by atoms with Gasteiger partial charge < -0.3 is 4.74 Å². The van der Waals surface area contributed by atoms with E-state index in [-0.39, 0.29) is 12.4 Å². The first-order valence-electron chi connectivity index (χ1n) is 6.88. The van der Waals surface area contributed by atoms with Gasteiger partial charge in [-0.2, -0.15) is 0 Å². The van der Waals surface area contributed by atoms with Crippen LogP contribution in [0.5, 0.6) is 5.75 Å². The average Bonchev–Trinajstić information content (AvgIpc) is 3.02. The van der Waals surface area contributed by atoms with E-state index in [1.807, 2.05) is 0 Å². The van der Waals surface area contributed by atoms with E-state index >= 15 is 0 Å². The number of aromatic nitrogens is 2. The van der Waals surface area contributed by atoms with E-state index in [2.05, 4.69) is 15.5 Å². The molecule has 0 aliphatic rings. The summed E-state index contributed by atoms with van der Waals surface area (Å²) < 4.78 is 31.1. The van der Waals surface area contributed by atoms with E-state index in [9.17, 15) is 13.6 Å². The fraction of sp³-hybridized carbons (Fsp3) is 0.0625. The van der Waals surface area contributed by atoms with Crippen LogP contribution in [0.15, 0.2) is 48.5 Å². The van der Waals surface area contributed by atoms with E-state index < -0.39 is 11.7 Å². The summed E-state index contributed by atoms with van der Waals surface area (Å²) in [4.78, 5) is 12.0. The maximum absolute atomic E-state index is 12.8. The molecule has 1 aromatic heterocycles. The fourth-order valence-electron chi connectivity index (χ4n) is 1.81. The zero-order valence-electron chi connectivity index (χ0n) is 12.2. The van der Waals surface area contributed by atoms with Crippen LogP contribution in [0.1, 0.15) is 15.4 Å². The Morgan fingerprint density at radius 1 is 1.00 bits per heavy atom. The number of nitrogens with zero attached hydrogens (tertiary/aromatic N) is 2. The Hall–Kier alpha value is -2.87. The third-order valence-electron chi connectivity index (χ3n) is 2.97. The van der Waals surface area contributed by atoms with Crippen molar-refractivity contribution in [3.05, 3.63) is 70.7 Å². The number of amides is 1. The molecule has 0 atom stereocenters. The minimum atomic E-state index is -0.414. The van der Waals surface area contributed by atoms with Gasteiger partial charge in [0.1, 0.15) is 24.0 Å². The number of hydrogen-bond donors (Lipinski definition) is 1. The standard InChI is InChI=1S/C16H11F2N3O2S/c17-11-3-1-10(2-4-11)15(22)19-16-21-20-14(24-16)9-23-13-7-5-12(18)6-8-13/h1-8H,9H2,(H,19,21,22). The molecule has 0 fully saturated rings. The van der Waals surface area contributed by atoms with Crippen LogP contribution < -0.4 is 10.1 Å². The number of carbonyl (C=O) groups is 1. The molecule has 0 aliphatic carbocycles. The molecule has 8 heteroatoms. The first-order chi connectivity index (χ1) is 11.6. The highest BCUT2D eigenvalue weighted by Gasteiger charge is 2.10. The van der Waals surface area contributed by atoms with E-state index in [0.717, 1.165) is 11.3 Å². The van der Waals surface area contributed by atoms with Gasteiger partial charge in [-0.25, -0.2) is 8.78 Å². The van der Waals surface area contributed by atoms with Gasteiger partial charge in [-0.1, -0.05) is 11.3 Å². The minimum absolute atomic E-state index is 0.149. The van der Waals surface area contributed by atoms with E-state index in [1.54, 1.807) is 0 Å². The number of rotatable bonds is 5. The van der Waals surface area contributed by atoms with Crippen molar-refractivity contribution < 1.29 is 18.3 Å². The van der Waals surface area contributed by atoms with Crippen molar-refractivity contribution in [3.8, 4) is 5.75 Å². The lowest BCUT2D eigenvalue weighted by atomic mass is 10.2. The molecule has 3 rings (SSSR count). The van der Waals surface area contributed by atoms with Crippen LogP contribution in [0.4, 0.5) is 13.9 Å². The zero-order valence-corrected chi connectivity index (χ0v) is 13.0. The van der Waals surface area contributed by atoms with Crippen LogP contribution in [-0.4, -0.2) is 16.1 Å². The number of anilines is 1. The Bertz CT molecular complexity index is 835. The first kappa shape index (κ1) is 16.0. The van der Waals surface area contributed by atoms with Gasteiger partial charge in [0.25, 0.3) is 5.91 Å². The molecule has 1 heterocycles. The number of ether oxygens (including phenoxy) is 1. The van der Waals surface area contributed by atoms with Crippen LogP contribution in [-0.2, 0) is 6.61 Å². The van der Waals surface area contributed by atoms with Gasteiger partial charge in [0, 0.05) is 5.56 Å². The molecule has 0 unspecified atom stereocenters. The fourth-order valence-corrected chi connectivity index (χ4v) is 2.46. The molecule has 1 N–H and O–H groups in total. The minimum Gasteiger partial charge on any atom is -0.486 e. The number of benzene rings is 2. The highest BCUT2D eigenvalue weighted by atomic mass is 32.1. The molecule has 0 aliphatic heterocycles. The van der Waals surface area contributed by atoms with Crippen molar-refractivity contribution in [1.82, 2.24) is 10.2 Å². The number of nitrogens with one attached hydrogen (secondary N) is 1. The second-order valence-electron chi connectivity index (χ2n) is 4.70. The van der Waals surface area contributed by atoms with Crippen molar-refractivity contribution in [2.24, 2.45) is 0 Å². The Morgan fingerprint density at radius 2 is 1.62 bits per heavy atom. The number of carbonyl (C=O) groups excluding carboxylic acids is 1. The van der Waals surface area contributed by atoms with Crippen LogP contribution >= 0.6 is 11.3 Å². The summed E-state index contributed by atoms with van der Waals surface area (Å²) in [7, 11) is 0. The van der Waals surface area contributed by atoms with E-state index in [4.69, 9.17) is 4.74 Å². The molecule has 5 nitrogen and oxygen atoms in total. The summed E-state index contributed by atoms with van der Waals surface area (Å²) in [5.74, 6) is -0.660. The quantitative estimate of drug-likeness (QED) is 0.765. The Morgan fingerprint density at radius 3 is 2.29 bits per heavy atom. The molecule has 122 valence electrons. The van der Waals surface area contributed by atoms with Crippen LogP contribution in [0.2, 0.25) is 0 Å². The van der Waals surface area contributed by atoms with Gasteiger partial charge >= 0.3 is 0 Å². The molecule has 0 spiro atoms. The Labute approximate surface area is 139 Å². The van der Waals surface area contributed by atoms with Crippen molar-refractivity contribution in [2.75, 3.05) is 5.32 Å². The van der Waals surface area contributed by atoms with Crippen molar-refractivity contribution >= 4 is 22.4 Å². The number of hydrogen-bond acceptors (Lipinski definition) is 5. The molecular weight excluding hydrogens is 336 g/mol. The molecule has 24 heavy (non-hydrogen) atoms. The molecule has 3 aromatic rings. The second-order valence-corrected chi connectivity index (χ2v) is 5.77. The summed E-state index contributed by atoms with van der Waals surface area (Å²) in [6, 6.07) is 10.8. The van der Waals surface area contributed by atoms with E-state index in [0.29, 0.717) is 21.5 Å². The smallest absolute Gasteiger partial charge is 0.257 e. The topological polar surface area (TPSA) is 64.1 Å². The van der Waals surface area contributed by atoms with Gasteiger partial charge in [-0.05, 0) is 48.5 Å². The summed E-state index contributed by atoms with van der Waals surface area (Å²) >= 11 is 1.15. The highest BCUT2D eigenvalue weighted by molar-refractivity contribution is 7.15. The van der Waals surface area contributed by atoms with Crippen LogP contribution in [0, 0.1) is 11.6 Å². The van der Waals surface area contributed by atoms with Crippen molar-refractivity contribution in [1.29, 1.82) is 0 Å². The second kappa shape index (κ2) is 7.14. The average molecular weight is 347 g/mol. The largest absolute Gasteiger partial charge is 0.486 e. The van der Waals surface area contributed by atoms with Crippen LogP contribution in [0.3, 0.4) is 0 Å². The Kier molecular flexibility index (Phi) is 4.76. The molecule has 0 radical (unpaired) electrons. The molecule has 2 aromatic carbocycles. The molecule has 0 saturated heterocycles. The summed E-state index contributed by atoms with van der Waals surface area (Å²) in [5, 5.41) is 11.2. The summed E-state index contributed by atoms with van der Waals surface area (Å²) in [6.45, 7) is 0.149. The number of halogens is 2. The predicted molar refractivity (Wildman–Crippen MR) is 85.0 cm³/mol. The van der Waals surface area contributed by atoms with Crippen LogP contribution in [0.25, 0.3) is 0 Å². The lowest BCUT2D eigenvalue weighted by Gasteiger charge is -2.02. The lowest BCUT2D eigenvalue weighted by Crippen LogP contribution is -2.11. The van der Waals surface area contributed by atoms with Gasteiger partial charge in [0.2, 0.25) is 5.13 Å². The monoisotopic (exact) mass is 347 g/mol. The molecule has 1 amide bonds. The SMILES string of the molecule is O=C(Nc1nnc(COc2ccc(F)cc2)s1)c1ccc(F)cc1. The maximum atomic E-state index is 12.8. The molecule has 0 saturated carbocycles. The van der Waals surface area contributed by atoms with Gasteiger partial charge in [0.15, 0.2) is 5.01 Å². The summed E-state index contributed by atoms with van der Waals surface area (Å²) in [6.07, 6.45) is 0. The van der Waals surface area contributed by atoms with Gasteiger partial charge in [-0.3, -0.25) is 10.1 Å². The zero-order chi connectivity index (χ0) is 16.9. The van der Waals surface area contributed by atoms with Gasteiger partial charge in [-0.15, -0.1) is 10.2 Å². The normalized spacial score (nSPS) is 10.4. The van der Waals surface area contributed by atoms with Crippen molar-refractivity contribution in [3.63, 3.8) is 0 Å². The maximum Gasteiger partial charge on any atom is 0.257 e. The van der Waals surface area contributed by atoms with E-state index in [1.165, 1.54) is 48.5 Å².